The molecule has 0 saturated carbocycles. The van der Waals surface area contributed by atoms with Gasteiger partial charge in [-0.15, -0.1) is 10.3 Å². The summed E-state index contributed by atoms with van der Waals surface area (Å²) < 4.78 is 12.2. The summed E-state index contributed by atoms with van der Waals surface area (Å²) in [5, 5.41) is 14.0. The molecule has 2 unspecified atom stereocenters. The van der Waals surface area contributed by atoms with Gasteiger partial charge in [0.1, 0.15) is 0 Å². The molecule has 0 N–H and O–H groups in total. The van der Waals surface area contributed by atoms with Crippen molar-refractivity contribution in [3.8, 4) is 0 Å². The summed E-state index contributed by atoms with van der Waals surface area (Å²) in [6, 6.07) is 0. The summed E-state index contributed by atoms with van der Waals surface area (Å²) in [5.41, 5.74) is -0.794. The lowest BCUT2D eigenvalue weighted by Crippen LogP contribution is -2.65. The second-order valence-electron chi connectivity index (χ2n) is 6.76. The quantitative estimate of drug-likeness (QED) is 0.790. The molecule has 2 aliphatic rings. The molecule has 0 amide bonds. The van der Waals surface area contributed by atoms with E-state index < -0.39 is 11.3 Å². The van der Waals surface area contributed by atoms with E-state index in [-0.39, 0.29) is 11.6 Å². The Hall–Kier alpha value is -0.160. The van der Waals surface area contributed by atoms with Gasteiger partial charge in [-0.2, -0.15) is 0 Å². The van der Waals surface area contributed by atoms with Crippen LogP contribution in [0.5, 0.6) is 0 Å². The van der Waals surface area contributed by atoms with Crippen molar-refractivity contribution < 1.29 is 14.7 Å². The molecule has 1 spiro atoms. The van der Waals surface area contributed by atoms with Crippen LogP contribution in [0.15, 0.2) is 0 Å². The molecule has 111 valence electrons. The van der Waals surface area contributed by atoms with Crippen LogP contribution >= 0.6 is 0 Å². The number of rotatable bonds is 3. The van der Waals surface area contributed by atoms with Crippen molar-refractivity contribution in [2.75, 3.05) is 6.61 Å². The molecule has 2 heterocycles. The van der Waals surface area contributed by atoms with Crippen molar-refractivity contribution in [2.45, 2.75) is 89.7 Å². The maximum absolute atomic E-state index is 12.7. The average Bonchev–Trinajstić information content (AvgIpc) is 2.76. The maximum Gasteiger partial charge on any atom is 0.172 e. The summed E-state index contributed by atoms with van der Waals surface area (Å²) in [4.78, 5) is 0. The summed E-state index contributed by atoms with van der Waals surface area (Å²) in [6.45, 7) is 11.0. The molecule has 0 aliphatic carbocycles. The molecular formula is C15H28NO3. The molecule has 2 saturated heterocycles. The fraction of sp³-hybridized carbons (Fsp3) is 1.00. The summed E-state index contributed by atoms with van der Waals surface area (Å²) in [6.07, 6.45) is 4.16. The van der Waals surface area contributed by atoms with Gasteiger partial charge in [0, 0.05) is 18.4 Å². The van der Waals surface area contributed by atoms with Crippen LogP contribution in [-0.4, -0.2) is 34.6 Å². The molecule has 0 aromatic carbocycles. The zero-order valence-corrected chi connectivity index (χ0v) is 13.0. The van der Waals surface area contributed by atoms with E-state index in [4.69, 9.17) is 9.47 Å². The van der Waals surface area contributed by atoms with E-state index in [0.29, 0.717) is 19.4 Å². The predicted molar refractivity (Wildman–Crippen MR) is 73.0 cm³/mol. The molecule has 2 fully saturated rings. The smallest absolute Gasteiger partial charge is 0.172 e. The standard InChI is InChI=1S/C15H28NO3/c1-6-12-9-18-15(19-12)10-13(4,5)16(17)14(7-2,8-3)11-15/h12H,6-11H2,1-5H3. The normalized spacial score (nSPS) is 37.9. The lowest BCUT2D eigenvalue weighted by Gasteiger charge is -2.55. The Morgan fingerprint density at radius 1 is 1.16 bits per heavy atom. The Morgan fingerprint density at radius 3 is 2.26 bits per heavy atom. The maximum atomic E-state index is 12.7. The van der Waals surface area contributed by atoms with Gasteiger partial charge < -0.3 is 9.47 Å². The third-order valence-corrected chi connectivity index (χ3v) is 4.97. The van der Waals surface area contributed by atoms with Crippen LogP contribution in [-0.2, 0) is 14.7 Å². The Balaban J connectivity index is 2.29. The minimum Gasteiger partial charge on any atom is -0.347 e. The summed E-state index contributed by atoms with van der Waals surface area (Å²) in [7, 11) is 0. The largest absolute Gasteiger partial charge is 0.347 e. The number of ether oxygens (including phenoxy) is 2. The van der Waals surface area contributed by atoms with Crippen molar-refractivity contribution in [2.24, 2.45) is 0 Å². The van der Waals surface area contributed by atoms with Crippen molar-refractivity contribution in [3.05, 3.63) is 0 Å². The SMILES string of the molecule is CCC1COC2(CC(C)(C)N([O])C(CC)(CC)C2)O1. The summed E-state index contributed by atoms with van der Waals surface area (Å²) >= 11 is 0. The zero-order valence-electron chi connectivity index (χ0n) is 13.0. The van der Waals surface area contributed by atoms with Crippen LogP contribution in [0.25, 0.3) is 0 Å². The average molecular weight is 270 g/mol. The highest BCUT2D eigenvalue weighted by Crippen LogP contribution is 2.50. The number of hydroxylamine groups is 2. The van der Waals surface area contributed by atoms with Gasteiger partial charge in [-0.3, -0.25) is 0 Å². The van der Waals surface area contributed by atoms with Crippen LogP contribution in [0.4, 0.5) is 0 Å². The Labute approximate surface area is 117 Å². The molecule has 2 aliphatic heterocycles. The fourth-order valence-electron chi connectivity index (χ4n) is 3.80. The highest BCUT2D eigenvalue weighted by Gasteiger charge is 2.59. The topological polar surface area (TPSA) is 41.6 Å². The van der Waals surface area contributed by atoms with Crippen LogP contribution in [0.2, 0.25) is 0 Å². The lowest BCUT2D eigenvalue weighted by molar-refractivity contribution is -0.352. The fourth-order valence-corrected chi connectivity index (χ4v) is 3.80. The lowest BCUT2D eigenvalue weighted by atomic mass is 9.73. The molecule has 4 heteroatoms. The van der Waals surface area contributed by atoms with E-state index in [1.165, 1.54) is 5.06 Å². The van der Waals surface area contributed by atoms with Gasteiger partial charge in [-0.25, -0.2) is 0 Å². The highest BCUT2D eigenvalue weighted by molar-refractivity contribution is 5.05. The Bertz CT molecular complexity index is 327. The zero-order chi connectivity index (χ0) is 14.3. The molecule has 0 aromatic heterocycles. The Kier molecular flexibility index (Phi) is 4.00. The van der Waals surface area contributed by atoms with Crippen molar-refractivity contribution in [1.29, 1.82) is 0 Å². The van der Waals surface area contributed by atoms with Crippen LogP contribution < -0.4 is 0 Å². The second-order valence-corrected chi connectivity index (χ2v) is 6.76. The molecule has 19 heavy (non-hydrogen) atoms. The van der Waals surface area contributed by atoms with Gasteiger partial charge in [0.2, 0.25) is 0 Å². The number of piperidine rings is 1. The van der Waals surface area contributed by atoms with Gasteiger partial charge in [0.25, 0.3) is 0 Å². The van der Waals surface area contributed by atoms with E-state index in [1.54, 1.807) is 0 Å². The minimum absolute atomic E-state index is 0.181. The molecule has 4 nitrogen and oxygen atoms in total. The first kappa shape index (κ1) is 15.2. The molecule has 1 radical (unpaired) electrons. The van der Waals surface area contributed by atoms with E-state index >= 15 is 0 Å². The van der Waals surface area contributed by atoms with Crippen LogP contribution in [0, 0.1) is 0 Å². The Morgan fingerprint density at radius 2 is 1.79 bits per heavy atom. The third-order valence-electron chi connectivity index (χ3n) is 4.97. The van der Waals surface area contributed by atoms with Crippen molar-refractivity contribution in [1.82, 2.24) is 5.06 Å². The number of hydrogen-bond donors (Lipinski definition) is 0. The van der Waals surface area contributed by atoms with E-state index in [9.17, 15) is 5.21 Å². The minimum atomic E-state index is -0.545. The van der Waals surface area contributed by atoms with E-state index in [0.717, 1.165) is 19.3 Å². The first-order valence-electron chi connectivity index (χ1n) is 7.62. The first-order valence-corrected chi connectivity index (χ1v) is 7.62. The highest BCUT2D eigenvalue weighted by atomic mass is 16.7. The van der Waals surface area contributed by atoms with Crippen molar-refractivity contribution >= 4 is 0 Å². The van der Waals surface area contributed by atoms with Gasteiger partial charge in [0.15, 0.2) is 5.79 Å². The molecular weight excluding hydrogens is 242 g/mol. The van der Waals surface area contributed by atoms with E-state index in [2.05, 4.69) is 20.8 Å². The third kappa shape index (κ3) is 2.44. The molecule has 0 bridgehead atoms. The van der Waals surface area contributed by atoms with Gasteiger partial charge in [-0.1, -0.05) is 20.8 Å². The van der Waals surface area contributed by atoms with Gasteiger partial charge in [0.05, 0.1) is 18.2 Å². The second kappa shape index (κ2) is 4.99. The van der Waals surface area contributed by atoms with Crippen molar-refractivity contribution in [3.63, 3.8) is 0 Å². The number of hydrogen-bond acceptors (Lipinski definition) is 3. The summed E-state index contributed by atoms with van der Waals surface area (Å²) in [5.74, 6) is -0.545. The molecule has 2 rings (SSSR count). The molecule has 2 atom stereocenters. The van der Waals surface area contributed by atoms with Gasteiger partial charge in [-0.05, 0) is 33.1 Å². The monoisotopic (exact) mass is 270 g/mol. The van der Waals surface area contributed by atoms with Gasteiger partial charge >= 0.3 is 0 Å². The molecule has 0 aromatic rings. The first-order chi connectivity index (χ1) is 8.83. The predicted octanol–water partition coefficient (Wildman–Crippen LogP) is 3.29. The van der Waals surface area contributed by atoms with E-state index in [1.807, 2.05) is 13.8 Å². The van der Waals surface area contributed by atoms with Crippen LogP contribution in [0.1, 0.15) is 66.7 Å². The van der Waals surface area contributed by atoms with Crippen LogP contribution in [0.3, 0.4) is 0 Å². The number of nitrogens with zero attached hydrogens (tertiary/aromatic N) is 1.